The number of hydrogen-bond donors (Lipinski definition) is 1. The molecular weight excluding hydrogens is 240 g/mol. The molecule has 0 aliphatic carbocycles. The number of benzene rings is 1. The van der Waals surface area contributed by atoms with Crippen LogP contribution in [0.1, 0.15) is 5.56 Å². The Morgan fingerprint density at radius 3 is 2.33 bits per heavy atom. The van der Waals surface area contributed by atoms with Crippen molar-refractivity contribution in [3.63, 3.8) is 0 Å². The molecule has 0 aliphatic rings. The second kappa shape index (κ2) is 4.73. The molecule has 0 bridgehead atoms. The van der Waals surface area contributed by atoms with Crippen LogP contribution in [0.15, 0.2) is 18.2 Å². The van der Waals surface area contributed by atoms with E-state index in [4.69, 9.17) is 10.5 Å². The third-order valence-corrected chi connectivity index (χ3v) is 2.64. The fourth-order valence-electron chi connectivity index (χ4n) is 1.66. The van der Waals surface area contributed by atoms with Gasteiger partial charge in [0.15, 0.2) is 0 Å². The Kier molecular flexibility index (Phi) is 3.29. The molecular formula is C12H13F2N3O. The zero-order valence-electron chi connectivity index (χ0n) is 10.1. The number of nitrogen functional groups attached to an aromatic ring is 1. The number of hydrogen-bond acceptors (Lipinski definition) is 3. The number of anilines is 1. The third-order valence-electron chi connectivity index (χ3n) is 2.64. The highest BCUT2D eigenvalue weighted by atomic mass is 19.1. The summed E-state index contributed by atoms with van der Waals surface area (Å²) in [5.41, 5.74) is 6.30. The summed E-state index contributed by atoms with van der Waals surface area (Å²) in [6.45, 7) is -0.109. The zero-order chi connectivity index (χ0) is 13.3. The molecule has 0 saturated heterocycles. The summed E-state index contributed by atoms with van der Waals surface area (Å²) in [6, 6.07) is 4.00. The Bertz CT molecular complexity index is 538. The van der Waals surface area contributed by atoms with E-state index in [1.165, 1.54) is 23.9 Å². The molecule has 1 heterocycles. The highest BCUT2D eigenvalue weighted by molar-refractivity contribution is 5.63. The molecule has 1 aromatic heterocycles. The van der Waals surface area contributed by atoms with Crippen LogP contribution in [0.3, 0.4) is 0 Å². The van der Waals surface area contributed by atoms with Gasteiger partial charge in [0.25, 0.3) is 0 Å². The maximum Gasteiger partial charge on any atom is 0.132 e. The lowest BCUT2D eigenvalue weighted by Gasteiger charge is -2.05. The molecule has 0 aliphatic heterocycles. The number of rotatable bonds is 3. The van der Waals surface area contributed by atoms with Crippen LogP contribution in [-0.2, 0) is 18.4 Å². The molecule has 0 unspecified atom stereocenters. The first kappa shape index (κ1) is 12.5. The maximum absolute atomic E-state index is 13.7. The van der Waals surface area contributed by atoms with Crippen molar-refractivity contribution in [1.82, 2.24) is 9.78 Å². The number of aromatic nitrogens is 2. The monoisotopic (exact) mass is 253 g/mol. The Labute approximate surface area is 103 Å². The quantitative estimate of drug-likeness (QED) is 0.911. The Hall–Kier alpha value is -1.95. The van der Waals surface area contributed by atoms with Crippen molar-refractivity contribution in [1.29, 1.82) is 0 Å². The predicted octanol–water partition coefficient (Wildman–Crippen LogP) is 2.09. The molecule has 4 nitrogen and oxygen atoms in total. The van der Waals surface area contributed by atoms with Crippen LogP contribution in [0.5, 0.6) is 0 Å². The summed E-state index contributed by atoms with van der Waals surface area (Å²) >= 11 is 0. The van der Waals surface area contributed by atoms with Crippen LogP contribution in [0.2, 0.25) is 0 Å². The molecule has 0 fully saturated rings. The van der Waals surface area contributed by atoms with Crippen LogP contribution in [0.25, 0.3) is 11.3 Å². The smallest absolute Gasteiger partial charge is 0.132 e. The molecule has 2 aromatic rings. The molecule has 96 valence electrons. The molecule has 0 amide bonds. The van der Waals surface area contributed by atoms with Crippen molar-refractivity contribution in [2.45, 2.75) is 6.61 Å². The number of ether oxygens (including phenoxy) is 1. The molecule has 0 saturated carbocycles. The highest BCUT2D eigenvalue weighted by Crippen LogP contribution is 2.25. The molecule has 1 aromatic carbocycles. The summed E-state index contributed by atoms with van der Waals surface area (Å²) in [6.07, 6.45) is 0. The number of nitrogens with zero attached hydrogens (tertiary/aromatic N) is 2. The lowest BCUT2D eigenvalue weighted by Crippen LogP contribution is -1.99. The van der Waals surface area contributed by atoms with Gasteiger partial charge < -0.3 is 10.5 Å². The molecule has 0 atom stereocenters. The molecule has 18 heavy (non-hydrogen) atoms. The molecule has 2 N–H and O–H groups in total. The van der Waals surface area contributed by atoms with E-state index in [9.17, 15) is 8.78 Å². The summed E-state index contributed by atoms with van der Waals surface area (Å²) < 4.78 is 33.6. The summed E-state index contributed by atoms with van der Waals surface area (Å²) in [5, 5.41) is 4.07. The molecule has 0 radical (unpaired) electrons. The van der Waals surface area contributed by atoms with Crippen molar-refractivity contribution in [3.05, 3.63) is 35.4 Å². The van der Waals surface area contributed by atoms with Gasteiger partial charge in [-0.05, 0) is 12.1 Å². The standard InChI is InChI=1S/C12H13F2N3O/c1-17-12(15)5-11(16-17)7-3-9(13)8(6-18-2)10(14)4-7/h3-5H,6,15H2,1-2H3. The highest BCUT2D eigenvalue weighted by Gasteiger charge is 2.14. The minimum Gasteiger partial charge on any atom is -0.384 e. The average Bonchev–Trinajstić information content (AvgIpc) is 2.64. The van der Waals surface area contributed by atoms with E-state index in [1.54, 1.807) is 13.1 Å². The summed E-state index contributed by atoms with van der Waals surface area (Å²) in [7, 11) is 3.04. The van der Waals surface area contributed by atoms with Gasteiger partial charge in [0, 0.05) is 31.4 Å². The van der Waals surface area contributed by atoms with Gasteiger partial charge in [0.1, 0.15) is 17.5 Å². The van der Waals surface area contributed by atoms with Crippen LogP contribution in [-0.4, -0.2) is 16.9 Å². The topological polar surface area (TPSA) is 53.1 Å². The largest absolute Gasteiger partial charge is 0.384 e. The Balaban J connectivity index is 2.47. The Morgan fingerprint density at radius 1 is 1.28 bits per heavy atom. The van der Waals surface area contributed by atoms with Crippen molar-refractivity contribution in [3.8, 4) is 11.3 Å². The first-order valence-electron chi connectivity index (χ1n) is 5.29. The van der Waals surface area contributed by atoms with E-state index in [2.05, 4.69) is 5.10 Å². The maximum atomic E-state index is 13.7. The van der Waals surface area contributed by atoms with Gasteiger partial charge >= 0.3 is 0 Å². The number of aryl methyl sites for hydroxylation is 1. The van der Waals surface area contributed by atoms with Crippen molar-refractivity contribution < 1.29 is 13.5 Å². The molecule has 0 spiro atoms. The van der Waals surface area contributed by atoms with Crippen molar-refractivity contribution in [2.24, 2.45) is 7.05 Å². The van der Waals surface area contributed by atoms with E-state index in [1.807, 2.05) is 0 Å². The SMILES string of the molecule is COCc1c(F)cc(-c2cc(N)n(C)n2)cc1F. The second-order valence-electron chi connectivity index (χ2n) is 3.93. The molecule has 6 heteroatoms. The number of nitrogens with two attached hydrogens (primary N) is 1. The normalized spacial score (nSPS) is 10.9. The van der Waals surface area contributed by atoms with Gasteiger partial charge in [0.05, 0.1) is 12.3 Å². The zero-order valence-corrected chi connectivity index (χ0v) is 10.1. The lowest BCUT2D eigenvalue weighted by atomic mass is 10.1. The van der Waals surface area contributed by atoms with E-state index >= 15 is 0 Å². The molecule has 2 rings (SSSR count). The third kappa shape index (κ3) is 2.19. The summed E-state index contributed by atoms with van der Waals surface area (Å²) in [5.74, 6) is -0.890. The second-order valence-corrected chi connectivity index (χ2v) is 3.93. The minimum atomic E-state index is -0.656. The first-order chi connectivity index (χ1) is 8.52. The van der Waals surface area contributed by atoms with Gasteiger partial charge in [-0.3, -0.25) is 4.68 Å². The van der Waals surface area contributed by atoms with Gasteiger partial charge in [0.2, 0.25) is 0 Å². The number of methoxy groups -OCH3 is 1. The Morgan fingerprint density at radius 2 is 1.89 bits per heavy atom. The first-order valence-corrected chi connectivity index (χ1v) is 5.29. The van der Waals surface area contributed by atoms with Gasteiger partial charge in [-0.25, -0.2) is 8.78 Å². The van der Waals surface area contributed by atoms with E-state index in [0.29, 0.717) is 17.1 Å². The number of halogens is 2. The summed E-state index contributed by atoms with van der Waals surface area (Å²) in [4.78, 5) is 0. The van der Waals surface area contributed by atoms with Gasteiger partial charge in [-0.15, -0.1) is 0 Å². The van der Waals surface area contributed by atoms with Crippen LogP contribution < -0.4 is 5.73 Å². The average molecular weight is 253 g/mol. The minimum absolute atomic E-state index is 0.0925. The predicted molar refractivity (Wildman–Crippen MR) is 63.7 cm³/mol. The van der Waals surface area contributed by atoms with E-state index < -0.39 is 11.6 Å². The lowest BCUT2D eigenvalue weighted by molar-refractivity contribution is 0.177. The fraction of sp³-hybridized carbons (Fsp3) is 0.250. The van der Waals surface area contributed by atoms with Crippen LogP contribution >= 0.6 is 0 Å². The fourth-order valence-corrected chi connectivity index (χ4v) is 1.66. The van der Waals surface area contributed by atoms with Crippen LogP contribution in [0.4, 0.5) is 14.6 Å². The van der Waals surface area contributed by atoms with Gasteiger partial charge in [-0.2, -0.15) is 5.10 Å². The van der Waals surface area contributed by atoms with Crippen molar-refractivity contribution in [2.75, 3.05) is 12.8 Å². The van der Waals surface area contributed by atoms with Crippen molar-refractivity contribution >= 4 is 5.82 Å². The van der Waals surface area contributed by atoms with E-state index in [-0.39, 0.29) is 12.2 Å². The van der Waals surface area contributed by atoms with Crippen LogP contribution in [0, 0.1) is 11.6 Å². The van der Waals surface area contributed by atoms with E-state index in [0.717, 1.165) is 0 Å². The van der Waals surface area contributed by atoms with Gasteiger partial charge in [-0.1, -0.05) is 0 Å².